The third kappa shape index (κ3) is 4.52. The summed E-state index contributed by atoms with van der Waals surface area (Å²) < 4.78 is 0. The van der Waals surface area contributed by atoms with E-state index in [-0.39, 0.29) is 5.96 Å². The summed E-state index contributed by atoms with van der Waals surface area (Å²) in [6.07, 6.45) is 2.78. The Morgan fingerprint density at radius 1 is 1.47 bits per heavy atom. The van der Waals surface area contributed by atoms with Crippen LogP contribution in [0.25, 0.3) is 0 Å². The topological polar surface area (TPSA) is 62.2 Å². The Labute approximate surface area is 119 Å². The Morgan fingerprint density at radius 2 is 2.11 bits per heavy atom. The van der Waals surface area contributed by atoms with Gasteiger partial charge in [0.25, 0.3) is 0 Å². The first kappa shape index (κ1) is 15.4. The Kier molecular flexibility index (Phi) is 5.77. The molecule has 0 radical (unpaired) electrons. The van der Waals surface area contributed by atoms with Gasteiger partial charge in [0.2, 0.25) is 5.96 Å². The van der Waals surface area contributed by atoms with E-state index >= 15 is 0 Å². The van der Waals surface area contributed by atoms with E-state index < -0.39 is 0 Å². The largest absolute Gasteiger partial charge is 0.368 e. The molecule has 1 aromatic carbocycles. The van der Waals surface area contributed by atoms with Gasteiger partial charge in [-0.15, -0.1) is 0 Å². The molecule has 1 unspecified atom stereocenters. The van der Waals surface area contributed by atoms with Gasteiger partial charge in [-0.25, -0.2) is 4.99 Å². The summed E-state index contributed by atoms with van der Waals surface area (Å²) in [6.45, 7) is 6.09. The van der Waals surface area contributed by atoms with Crippen LogP contribution in [0.1, 0.15) is 44.2 Å². The van der Waals surface area contributed by atoms with Crippen molar-refractivity contribution in [3.05, 3.63) is 46.5 Å². The number of hydrogen-bond donors (Lipinski definition) is 2. The molecular formula is C15H20ClN3. The summed E-state index contributed by atoms with van der Waals surface area (Å²) in [5, 5.41) is 7.97. The first-order chi connectivity index (χ1) is 8.95. The number of nitrogens with one attached hydrogen (secondary N) is 1. The normalized spacial score (nSPS) is 14.3. The standard InChI is InChI=1S/C15H20ClN3/c1-4-10(2)12-7-5-6-8-13(12)14(9-11(3)16)19-15(17)18/h5-10H,4H2,1-3H3,(H3,17,18)/b11-9+,19-14+. The van der Waals surface area contributed by atoms with Crippen molar-refractivity contribution in [1.29, 1.82) is 5.41 Å². The van der Waals surface area contributed by atoms with Crippen LogP contribution >= 0.6 is 11.6 Å². The van der Waals surface area contributed by atoms with Crippen molar-refractivity contribution in [3.8, 4) is 0 Å². The van der Waals surface area contributed by atoms with Crippen molar-refractivity contribution in [2.24, 2.45) is 10.7 Å². The lowest BCUT2D eigenvalue weighted by molar-refractivity contribution is 0.732. The van der Waals surface area contributed by atoms with Crippen LogP contribution in [0, 0.1) is 5.41 Å². The Morgan fingerprint density at radius 3 is 2.63 bits per heavy atom. The van der Waals surface area contributed by atoms with Gasteiger partial charge in [-0.05, 0) is 30.9 Å². The minimum absolute atomic E-state index is 0.219. The number of nitrogens with zero attached hydrogens (tertiary/aromatic N) is 1. The molecule has 0 heterocycles. The lowest BCUT2D eigenvalue weighted by atomic mass is 9.91. The molecule has 0 aliphatic carbocycles. The first-order valence-electron chi connectivity index (χ1n) is 6.31. The molecule has 0 fully saturated rings. The van der Waals surface area contributed by atoms with Crippen LogP contribution in [0.3, 0.4) is 0 Å². The van der Waals surface area contributed by atoms with Crippen LogP contribution < -0.4 is 5.73 Å². The highest BCUT2D eigenvalue weighted by Gasteiger charge is 2.12. The van der Waals surface area contributed by atoms with Crippen LogP contribution in [0.15, 0.2) is 40.4 Å². The minimum atomic E-state index is -0.219. The van der Waals surface area contributed by atoms with Crippen molar-refractivity contribution >= 4 is 23.3 Å². The van der Waals surface area contributed by atoms with Crippen LogP contribution in [0.4, 0.5) is 0 Å². The van der Waals surface area contributed by atoms with Gasteiger partial charge < -0.3 is 5.73 Å². The van der Waals surface area contributed by atoms with E-state index in [1.54, 1.807) is 13.0 Å². The summed E-state index contributed by atoms with van der Waals surface area (Å²) in [7, 11) is 0. The van der Waals surface area contributed by atoms with Gasteiger partial charge >= 0.3 is 0 Å². The van der Waals surface area contributed by atoms with Gasteiger partial charge in [0.05, 0.1) is 5.71 Å². The molecule has 1 aromatic rings. The number of allylic oxidation sites excluding steroid dienone is 2. The second-order valence-electron chi connectivity index (χ2n) is 4.51. The third-order valence-electron chi connectivity index (χ3n) is 2.96. The molecule has 0 aromatic heterocycles. The molecule has 0 saturated carbocycles. The van der Waals surface area contributed by atoms with Gasteiger partial charge in [0.15, 0.2) is 0 Å². The van der Waals surface area contributed by atoms with Crippen molar-refractivity contribution in [3.63, 3.8) is 0 Å². The van der Waals surface area contributed by atoms with Crippen LogP contribution in [-0.2, 0) is 0 Å². The third-order valence-corrected chi connectivity index (χ3v) is 3.07. The van der Waals surface area contributed by atoms with E-state index in [1.807, 2.05) is 18.2 Å². The highest BCUT2D eigenvalue weighted by atomic mass is 35.5. The molecular weight excluding hydrogens is 258 g/mol. The number of guanidine groups is 1. The average Bonchev–Trinajstić information content (AvgIpc) is 2.36. The fraction of sp³-hybridized carbons (Fsp3) is 0.333. The molecule has 0 spiro atoms. The lowest BCUT2D eigenvalue weighted by Gasteiger charge is -2.15. The van der Waals surface area contributed by atoms with Gasteiger partial charge in [0, 0.05) is 10.6 Å². The average molecular weight is 278 g/mol. The second-order valence-corrected chi connectivity index (χ2v) is 5.11. The lowest BCUT2D eigenvalue weighted by Crippen LogP contribution is -2.12. The molecule has 1 atom stereocenters. The van der Waals surface area contributed by atoms with Gasteiger partial charge in [0.1, 0.15) is 0 Å². The Balaban J connectivity index is 3.39. The maximum atomic E-state index is 7.36. The van der Waals surface area contributed by atoms with E-state index in [4.69, 9.17) is 22.7 Å². The molecule has 0 amide bonds. The number of aliphatic imine (C=N–C) groups is 1. The van der Waals surface area contributed by atoms with E-state index in [9.17, 15) is 0 Å². The molecule has 19 heavy (non-hydrogen) atoms. The van der Waals surface area contributed by atoms with Crippen molar-refractivity contribution in [1.82, 2.24) is 0 Å². The summed E-state index contributed by atoms with van der Waals surface area (Å²) in [4.78, 5) is 4.08. The summed E-state index contributed by atoms with van der Waals surface area (Å²) in [6, 6.07) is 8.03. The van der Waals surface area contributed by atoms with E-state index in [1.165, 1.54) is 5.56 Å². The predicted molar refractivity (Wildman–Crippen MR) is 83.2 cm³/mol. The Hall–Kier alpha value is -1.61. The fourth-order valence-electron chi connectivity index (χ4n) is 1.87. The van der Waals surface area contributed by atoms with Crippen molar-refractivity contribution in [2.45, 2.75) is 33.1 Å². The molecule has 1 rings (SSSR count). The summed E-state index contributed by atoms with van der Waals surface area (Å²) in [5.74, 6) is 0.195. The second kappa shape index (κ2) is 7.10. The van der Waals surface area contributed by atoms with E-state index in [0.29, 0.717) is 16.7 Å². The molecule has 4 heteroatoms. The molecule has 0 bridgehead atoms. The molecule has 0 aliphatic heterocycles. The zero-order valence-electron chi connectivity index (χ0n) is 11.6. The molecule has 3 N–H and O–H groups in total. The maximum Gasteiger partial charge on any atom is 0.213 e. The molecule has 0 aliphatic rings. The highest BCUT2D eigenvalue weighted by Crippen LogP contribution is 2.24. The van der Waals surface area contributed by atoms with Gasteiger partial charge in [-0.1, -0.05) is 49.7 Å². The number of nitrogens with two attached hydrogens (primary N) is 1. The van der Waals surface area contributed by atoms with Gasteiger partial charge in [-0.2, -0.15) is 0 Å². The van der Waals surface area contributed by atoms with Crippen LogP contribution in [0.5, 0.6) is 0 Å². The van der Waals surface area contributed by atoms with Crippen LogP contribution in [-0.4, -0.2) is 11.7 Å². The van der Waals surface area contributed by atoms with Crippen molar-refractivity contribution < 1.29 is 0 Å². The summed E-state index contributed by atoms with van der Waals surface area (Å²) in [5.41, 5.74) is 8.20. The first-order valence-corrected chi connectivity index (χ1v) is 6.69. The fourth-order valence-corrected chi connectivity index (χ4v) is 1.97. The number of benzene rings is 1. The molecule has 102 valence electrons. The van der Waals surface area contributed by atoms with E-state index in [2.05, 4.69) is 24.9 Å². The minimum Gasteiger partial charge on any atom is -0.368 e. The highest BCUT2D eigenvalue weighted by molar-refractivity contribution is 6.32. The summed E-state index contributed by atoms with van der Waals surface area (Å²) >= 11 is 5.94. The molecule has 0 saturated heterocycles. The predicted octanol–water partition coefficient (Wildman–Crippen LogP) is 4.03. The Bertz CT molecular complexity index is 514. The quantitative estimate of drug-likeness (QED) is 0.633. The van der Waals surface area contributed by atoms with E-state index in [0.717, 1.165) is 12.0 Å². The van der Waals surface area contributed by atoms with Gasteiger partial charge in [-0.3, -0.25) is 5.41 Å². The maximum absolute atomic E-state index is 7.36. The SMILES string of the molecule is CCC(C)c1ccccc1C(/C=C(\C)Cl)=N/C(=N)N. The monoisotopic (exact) mass is 277 g/mol. The number of halogens is 1. The van der Waals surface area contributed by atoms with Crippen molar-refractivity contribution in [2.75, 3.05) is 0 Å². The zero-order chi connectivity index (χ0) is 14.4. The zero-order valence-corrected chi connectivity index (χ0v) is 12.3. The number of hydrogen-bond acceptors (Lipinski definition) is 1. The smallest absolute Gasteiger partial charge is 0.213 e. The molecule has 3 nitrogen and oxygen atoms in total. The van der Waals surface area contributed by atoms with Crippen LogP contribution in [0.2, 0.25) is 0 Å². The number of rotatable bonds is 4.